The maximum atomic E-state index is 14.5. The summed E-state index contributed by atoms with van der Waals surface area (Å²) in [4.78, 5) is 18.5. The molecule has 3 aliphatic rings. The van der Waals surface area contributed by atoms with Crippen LogP contribution in [0.25, 0.3) is 0 Å². The number of halogens is 1. The second-order valence-electron chi connectivity index (χ2n) is 6.89. The lowest BCUT2D eigenvalue weighted by Gasteiger charge is -2.24. The fraction of sp³-hybridized carbons (Fsp3) is 0.263. The largest absolute Gasteiger partial charge is 0.454 e. The molecule has 3 heterocycles. The lowest BCUT2D eigenvalue weighted by molar-refractivity contribution is 0.100. The average Bonchev–Trinajstić information content (AvgIpc) is 3.34. The van der Waals surface area contributed by atoms with E-state index >= 15 is 0 Å². The van der Waals surface area contributed by atoms with E-state index in [2.05, 4.69) is 4.99 Å². The number of ether oxygens (including phenoxy) is 2. The number of sulfone groups is 1. The lowest BCUT2D eigenvalue weighted by Crippen LogP contribution is -2.38. The van der Waals surface area contributed by atoms with Gasteiger partial charge in [-0.05, 0) is 30.3 Å². The molecule has 0 aromatic heterocycles. The normalized spacial score (nSPS) is 25.4. The summed E-state index contributed by atoms with van der Waals surface area (Å²) in [5.41, 5.74) is 0.516. The predicted octanol–water partition coefficient (Wildman–Crippen LogP) is 2.47. The molecule has 7 nitrogen and oxygen atoms in total. The summed E-state index contributed by atoms with van der Waals surface area (Å²) in [5.74, 6) is -0.127. The third-order valence-electron chi connectivity index (χ3n) is 5.00. The molecule has 5 rings (SSSR count). The van der Waals surface area contributed by atoms with Gasteiger partial charge in [-0.15, -0.1) is 0 Å². The number of carbonyl (C=O) groups excluding carboxylic acids is 1. The quantitative estimate of drug-likeness (QED) is 0.718. The van der Waals surface area contributed by atoms with Crippen LogP contribution >= 0.6 is 11.8 Å². The number of anilines is 1. The van der Waals surface area contributed by atoms with Gasteiger partial charge >= 0.3 is 0 Å². The Morgan fingerprint density at radius 1 is 1.14 bits per heavy atom. The molecule has 0 aliphatic carbocycles. The summed E-state index contributed by atoms with van der Waals surface area (Å²) < 4.78 is 49.2. The number of thioether (sulfide) groups is 1. The van der Waals surface area contributed by atoms with Gasteiger partial charge in [-0.25, -0.2) is 12.8 Å². The van der Waals surface area contributed by atoms with Crippen LogP contribution in [0.3, 0.4) is 0 Å². The van der Waals surface area contributed by atoms with Crippen molar-refractivity contribution in [3.05, 3.63) is 53.8 Å². The van der Waals surface area contributed by atoms with Gasteiger partial charge in [0.1, 0.15) is 5.82 Å². The van der Waals surface area contributed by atoms with Gasteiger partial charge in [0.2, 0.25) is 6.79 Å². The number of carbonyl (C=O) groups is 1. The minimum absolute atomic E-state index is 0.0233. The lowest BCUT2D eigenvalue weighted by atomic mass is 10.2. The summed E-state index contributed by atoms with van der Waals surface area (Å²) in [6.07, 6.45) is 0. The zero-order chi connectivity index (χ0) is 20.2. The number of fused-ring (bicyclic) bond motifs is 2. The first-order chi connectivity index (χ1) is 13.9. The van der Waals surface area contributed by atoms with E-state index in [4.69, 9.17) is 9.47 Å². The first kappa shape index (κ1) is 18.4. The predicted molar refractivity (Wildman–Crippen MR) is 107 cm³/mol. The number of rotatable bonds is 2. The van der Waals surface area contributed by atoms with Crippen LogP contribution in [0.15, 0.2) is 47.5 Å². The maximum Gasteiger partial charge on any atom is 0.279 e. The number of benzene rings is 2. The van der Waals surface area contributed by atoms with Gasteiger partial charge in [0.15, 0.2) is 26.5 Å². The molecular formula is C19H15FN2O5S2. The zero-order valence-electron chi connectivity index (χ0n) is 14.9. The van der Waals surface area contributed by atoms with Crippen LogP contribution in [-0.2, 0) is 9.84 Å². The van der Waals surface area contributed by atoms with Crippen molar-refractivity contribution < 1.29 is 27.1 Å². The molecule has 10 heteroatoms. The number of amides is 1. The van der Waals surface area contributed by atoms with Crippen molar-refractivity contribution in [3.8, 4) is 11.5 Å². The fourth-order valence-electron chi connectivity index (χ4n) is 3.67. The average molecular weight is 434 g/mol. The van der Waals surface area contributed by atoms with E-state index < -0.39 is 27.6 Å². The highest BCUT2D eigenvalue weighted by atomic mass is 32.2. The van der Waals surface area contributed by atoms with Gasteiger partial charge in [-0.3, -0.25) is 4.79 Å². The van der Waals surface area contributed by atoms with Gasteiger partial charge < -0.3 is 14.4 Å². The minimum Gasteiger partial charge on any atom is -0.454 e. The van der Waals surface area contributed by atoms with E-state index in [1.165, 1.54) is 17.8 Å². The first-order valence-corrected chi connectivity index (χ1v) is 11.5. The van der Waals surface area contributed by atoms with E-state index in [1.807, 2.05) is 0 Å². The molecule has 0 saturated carbocycles. The maximum absolute atomic E-state index is 14.5. The molecule has 0 bridgehead atoms. The second-order valence-corrected chi connectivity index (χ2v) is 10.2. The van der Waals surface area contributed by atoms with Gasteiger partial charge in [-0.1, -0.05) is 23.9 Å². The van der Waals surface area contributed by atoms with Crippen LogP contribution in [0.1, 0.15) is 10.4 Å². The van der Waals surface area contributed by atoms with Crippen molar-refractivity contribution in [2.75, 3.05) is 23.2 Å². The van der Waals surface area contributed by atoms with E-state index in [9.17, 15) is 17.6 Å². The first-order valence-electron chi connectivity index (χ1n) is 8.85. The van der Waals surface area contributed by atoms with Crippen molar-refractivity contribution in [1.29, 1.82) is 0 Å². The Morgan fingerprint density at radius 3 is 2.76 bits per heavy atom. The van der Waals surface area contributed by atoms with Gasteiger partial charge in [-0.2, -0.15) is 4.99 Å². The van der Waals surface area contributed by atoms with Gasteiger partial charge in [0, 0.05) is 10.8 Å². The molecule has 0 unspecified atom stereocenters. The van der Waals surface area contributed by atoms with Gasteiger partial charge in [0.05, 0.1) is 23.2 Å². The number of hydrogen-bond donors (Lipinski definition) is 0. The Balaban J connectivity index is 1.52. The van der Waals surface area contributed by atoms with Crippen molar-refractivity contribution in [2.24, 2.45) is 4.99 Å². The smallest absolute Gasteiger partial charge is 0.279 e. The highest BCUT2D eigenvalue weighted by Crippen LogP contribution is 2.42. The number of para-hydroxylation sites is 1. The summed E-state index contributed by atoms with van der Waals surface area (Å²) >= 11 is 1.20. The topological polar surface area (TPSA) is 85.3 Å². The highest BCUT2D eigenvalue weighted by Gasteiger charge is 2.50. The molecule has 1 amide bonds. The third kappa shape index (κ3) is 3.25. The molecule has 0 N–H and O–H groups in total. The van der Waals surface area contributed by atoms with Crippen LogP contribution in [0.4, 0.5) is 10.1 Å². The Kier molecular flexibility index (Phi) is 4.28. The van der Waals surface area contributed by atoms with Crippen molar-refractivity contribution >= 4 is 38.4 Å². The highest BCUT2D eigenvalue weighted by molar-refractivity contribution is 8.16. The Bertz CT molecular complexity index is 1150. The van der Waals surface area contributed by atoms with E-state index in [-0.39, 0.29) is 29.2 Å². The molecule has 0 spiro atoms. The summed E-state index contributed by atoms with van der Waals surface area (Å²) in [7, 11) is -3.23. The number of nitrogens with zero attached hydrogens (tertiary/aromatic N) is 2. The molecule has 2 aromatic rings. The van der Waals surface area contributed by atoms with E-state index in [0.29, 0.717) is 22.2 Å². The van der Waals surface area contributed by atoms with E-state index in [0.717, 1.165) is 0 Å². The number of amidine groups is 1. The monoisotopic (exact) mass is 434 g/mol. The molecule has 3 aliphatic heterocycles. The SMILES string of the molecule is O=C(N=C1S[C@@H]2CS(=O)(=O)C[C@@H]2N1c1ccccc1F)c1ccc2c(c1)OCO2. The van der Waals surface area contributed by atoms with Crippen molar-refractivity contribution in [2.45, 2.75) is 11.3 Å². The Labute approximate surface area is 170 Å². The third-order valence-corrected chi connectivity index (χ3v) is 8.21. The molecule has 150 valence electrons. The van der Waals surface area contributed by atoms with Crippen molar-refractivity contribution in [1.82, 2.24) is 0 Å². The Hall–Kier alpha value is -2.59. The molecule has 29 heavy (non-hydrogen) atoms. The molecule has 2 fully saturated rings. The molecule has 2 saturated heterocycles. The summed E-state index contributed by atoms with van der Waals surface area (Å²) in [6.45, 7) is 0.0935. The van der Waals surface area contributed by atoms with Crippen LogP contribution in [-0.4, -0.2) is 49.1 Å². The second kappa shape index (κ2) is 6.74. The Morgan fingerprint density at radius 2 is 1.93 bits per heavy atom. The molecular weight excluding hydrogens is 419 g/mol. The van der Waals surface area contributed by atoms with E-state index in [1.54, 1.807) is 41.3 Å². The number of hydrogen-bond acceptors (Lipinski definition) is 6. The standard InChI is InChI=1S/C19H15FN2O5S2/c20-12-3-1-2-4-13(12)22-14-8-29(24,25)9-17(14)28-19(22)21-18(23)11-5-6-15-16(7-11)27-10-26-15/h1-7,14,17H,8-10H2/t14-,17+/m0/s1. The van der Waals surface area contributed by atoms with Crippen LogP contribution in [0.5, 0.6) is 11.5 Å². The van der Waals surface area contributed by atoms with Crippen molar-refractivity contribution in [3.63, 3.8) is 0 Å². The minimum atomic E-state index is -3.23. The zero-order valence-corrected chi connectivity index (χ0v) is 16.6. The van der Waals surface area contributed by atoms with Crippen LogP contribution in [0.2, 0.25) is 0 Å². The fourth-order valence-corrected chi connectivity index (χ4v) is 7.58. The molecule has 2 aromatic carbocycles. The molecule has 0 radical (unpaired) electrons. The molecule has 2 atom stereocenters. The summed E-state index contributed by atoms with van der Waals surface area (Å²) in [6, 6.07) is 10.4. The van der Waals surface area contributed by atoms with Gasteiger partial charge in [0.25, 0.3) is 5.91 Å². The summed E-state index contributed by atoms with van der Waals surface area (Å²) in [5, 5.41) is -0.00873. The van der Waals surface area contributed by atoms with Crippen LogP contribution in [0, 0.1) is 5.82 Å². The van der Waals surface area contributed by atoms with Crippen LogP contribution < -0.4 is 14.4 Å². The number of aliphatic imine (C=N–C) groups is 1.